The number of amides is 1. The molecule has 86 valence electrons. The van der Waals surface area contributed by atoms with Gasteiger partial charge in [-0.1, -0.05) is 0 Å². The number of hydrogen-bond donors (Lipinski definition) is 3. The topological polar surface area (TPSA) is 86.1 Å². The summed E-state index contributed by atoms with van der Waals surface area (Å²) in [5, 5.41) is 18.6. The minimum Gasteiger partial charge on any atom is -0.465 e. The van der Waals surface area contributed by atoms with Gasteiger partial charge in [0, 0.05) is 23.1 Å². The molecule has 0 saturated carbocycles. The molecule has 0 aliphatic heterocycles. The van der Waals surface area contributed by atoms with E-state index in [1.807, 2.05) is 0 Å². The quantitative estimate of drug-likeness (QED) is 0.742. The van der Waals surface area contributed by atoms with Crippen molar-refractivity contribution >= 4 is 27.7 Å². The molecule has 1 aromatic heterocycles. The molecule has 5 nitrogen and oxygen atoms in total. The summed E-state index contributed by atoms with van der Waals surface area (Å²) in [6.45, 7) is 1.71. The predicted molar refractivity (Wildman–Crippen MR) is 64.0 cm³/mol. The molecule has 1 heterocycles. The summed E-state index contributed by atoms with van der Waals surface area (Å²) < 4.78 is 0.848. The van der Waals surface area contributed by atoms with Crippen LogP contribution < -0.4 is 5.32 Å². The third-order valence-corrected chi connectivity index (χ3v) is 2.39. The Kier molecular flexibility index (Phi) is 4.42. The molecule has 0 aliphatic carbocycles. The van der Waals surface area contributed by atoms with Crippen LogP contribution in [0.4, 0.5) is 4.79 Å². The van der Waals surface area contributed by atoms with Crippen LogP contribution in [0.15, 0.2) is 22.8 Å². The highest BCUT2D eigenvalue weighted by Crippen LogP contribution is 2.09. The number of hydrogen-bond acceptors (Lipinski definition) is 3. The van der Waals surface area contributed by atoms with Crippen LogP contribution in [0.2, 0.25) is 0 Å². The molecule has 0 fully saturated rings. The molecule has 6 heteroatoms. The van der Waals surface area contributed by atoms with Crippen LogP contribution >= 0.6 is 15.9 Å². The van der Waals surface area contributed by atoms with Crippen molar-refractivity contribution in [3.63, 3.8) is 0 Å². The zero-order valence-electron chi connectivity index (χ0n) is 8.70. The monoisotopic (exact) mass is 285 g/mol. The van der Waals surface area contributed by atoms with Crippen LogP contribution in [0.25, 0.3) is 0 Å². The lowest BCUT2D eigenvalue weighted by atomic mass is 10.1. The summed E-state index contributed by atoms with van der Waals surface area (Å²) in [6.07, 6.45) is 0.851. The average molecular weight is 286 g/mol. The standard InChI is InChI=1S/C10H12BrN3O2/c1-6(14-10(15)16)4-8(12)9-3-2-7(11)5-13-9/h2-3,5-6,12,14H,4H2,1H3,(H,15,16)/t6-/m1/s1. The van der Waals surface area contributed by atoms with Gasteiger partial charge in [-0.3, -0.25) is 4.98 Å². The van der Waals surface area contributed by atoms with E-state index in [-0.39, 0.29) is 6.04 Å². The van der Waals surface area contributed by atoms with Gasteiger partial charge in [0.15, 0.2) is 0 Å². The van der Waals surface area contributed by atoms with Crippen molar-refractivity contribution in [2.45, 2.75) is 19.4 Å². The van der Waals surface area contributed by atoms with Crippen LogP contribution in [0.3, 0.4) is 0 Å². The van der Waals surface area contributed by atoms with Crippen LogP contribution in [-0.4, -0.2) is 27.9 Å². The molecule has 16 heavy (non-hydrogen) atoms. The molecule has 0 bridgehead atoms. The van der Waals surface area contributed by atoms with Gasteiger partial charge in [0.2, 0.25) is 0 Å². The molecule has 0 spiro atoms. The van der Waals surface area contributed by atoms with Gasteiger partial charge >= 0.3 is 6.09 Å². The highest BCUT2D eigenvalue weighted by atomic mass is 79.9. The minimum absolute atomic E-state index is 0.296. The third kappa shape index (κ3) is 3.98. The van der Waals surface area contributed by atoms with E-state index in [2.05, 4.69) is 26.2 Å². The minimum atomic E-state index is -1.08. The first-order valence-electron chi connectivity index (χ1n) is 4.68. The number of pyridine rings is 1. The number of carbonyl (C=O) groups is 1. The SMILES string of the molecule is C[C@H](CC(=N)c1ccc(Br)cn1)NC(=O)O. The molecule has 0 saturated heterocycles. The Labute approximate surface area is 102 Å². The molecule has 1 rings (SSSR count). The normalized spacial score (nSPS) is 11.9. The Morgan fingerprint density at radius 2 is 2.38 bits per heavy atom. The Morgan fingerprint density at radius 1 is 1.69 bits per heavy atom. The summed E-state index contributed by atoms with van der Waals surface area (Å²) in [7, 11) is 0. The van der Waals surface area contributed by atoms with Crippen molar-refractivity contribution < 1.29 is 9.90 Å². The number of aromatic nitrogens is 1. The molecule has 1 amide bonds. The molecule has 0 unspecified atom stereocenters. The van der Waals surface area contributed by atoms with Gasteiger partial charge in [-0.05, 0) is 35.0 Å². The van der Waals surface area contributed by atoms with E-state index in [1.165, 1.54) is 0 Å². The number of nitrogens with one attached hydrogen (secondary N) is 2. The van der Waals surface area contributed by atoms with Crippen molar-refractivity contribution in [1.82, 2.24) is 10.3 Å². The number of carboxylic acid groups (broad SMARTS) is 1. The molecule has 1 aromatic rings. The molecule has 0 aliphatic rings. The van der Waals surface area contributed by atoms with Gasteiger partial charge < -0.3 is 15.8 Å². The molecular weight excluding hydrogens is 274 g/mol. The first-order chi connectivity index (χ1) is 7.49. The van der Waals surface area contributed by atoms with Gasteiger partial charge in [0.1, 0.15) is 0 Å². The fourth-order valence-electron chi connectivity index (χ4n) is 1.23. The first kappa shape index (κ1) is 12.6. The third-order valence-electron chi connectivity index (χ3n) is 1.92. The summed E-state index contributed by atoms with van der Waals surface area (Å²) in [6, 6.07) is 3.22. The summed E-state index contributed by atoms with van der Waals surface area (Å²) >= 11 is 3.26. The number of rotatable bonds is 4. The van der Waals surface area contributed by atoms with E-state index in [4.69, 9.17) is 10.5 Å². The van der Waals surface area contributed by atoms with Gasteiger partial charge in [-0.25, -0.2) is 4.79 Å². The lowest BCUT2D eigenvalue weighted by Gasteiger charge is -2.11. The van der Waals surface area contributed by atoms with Crippen molar-refractivity contribution in [1.29, 1.82) is 5.41 Å². The van der Waals surface area contributed by atoms with E-state index in [0.717, 1.165) is 4.47 Å². The van der Waals surface area contributed by atoms with Crippen LogP contribution in [0, 0.1) is 5.41 Å². The molecule has 1 atom stereocenters. The van der Waals surface area contributed by atoms with E-state index in [0.29, 0.717) is 17.8 Å². The van der Waals surface area contributed by atoms with Gasteiger partial charge in [-0.2, -0.15) is 0 Å². The maximum absolute atomic E-state index is 10.4. The first-order valence-corrected chi connectivity index (χ1v) is 5.47. The molecule has 0 radical (unpaired) electrons. The average Bonchev–Trinajstić information content (AvgIpc) is 2.16. The Bertz CT molecular complexity index is 392. The Morgan fingerprint density at radius 3 is 2.88 bits per heavy atom. The maximum atomic E-state index is 10.4. The van der Waals surface area contributed by atoms with Crippen molar-refractivity contribution in [3.8, 4) is 0 Å². The summed E-state index contributed by atoms with van der Waals surface area (Å²) in [5.74, 6) is 0. The Balaban J connectivity index is 2.58. The lowest BCUT2D eigenvalue weighted by Crippen LogP contribution is -2.33. The Hall–Kier alpha value is -1.43. The van der Waals surface area contributed by atoms with Crippen LogP contribution in [-0.2, 0) is 0 Å². The predicted octanol–water partition coefficient (Wildman–Crippen LogP) is 2.26. The lowest BCUT2D eigenvalue weighted by molar-refractivity contribution is 0.191. The second kappa shape index (κ2) is 5.60. The van der Waals surface area contributed by atoms with Crippen molar-refractivity contribution in [2.75, 3.05) is 0 Å². The van der Waals surface area contributed by atoms with Crippen molar-refractivity contribution in [3.05, 3.63) is 28.5 Å². The maximum Gasteiger partial charge on any atom is 0.404 e. The second-order valence-corrected chi connectivity index (χ2v) is 4.31. The number of halogens is 1. The molecule has 0 aromatic carbocycles. The molecule has 3 N–H and O–H groups in total. The molecular formula is C10H12BrN3O2. The van der Waals surface area contributed by atoms with Crippen LogP contribution in [0.5, 0.6) is 0 Å². The van der Waals surface area contributed by atoms with E-state index < -0.39 is 6.09 Å². The highest BCUT2D eigenvalue weighted by molar-refractivity contribution is 9.10. The van der Waals surface area contributed by atoms with Crippen LogP contribution in [0.1, 0.15) is 19.0 Å². The van der Waals surface area contributed by atoms with E-state index in [9.17, 15) is 4.79 Å². The highest BCUT2D eigenvalue weighted by Gasteiger charge is 2.10. The van der Waals surface area contributed by atoms with Gasteiger partial charge in [0.25, 0.3) is 0 Å². The largest absolute Gasteiger partial charge is 0.465 e. The van der Waals surface area contributed by atoms with Crippen molar-refractivity contribution in [2.24, 2.45) is 0 Å². The zero-order chi connectivity index (χ0) is 12.1. The number of nitrogens with zero attached hydrogens (tertiary/aromatic N) is 1. The fourth-order valence-corrected chi connectivity index (χ4v) is 1.46. The van der Waals surface area contributed by atoms with E-state index >= 15 is 0 Å². The van der Waals surface area contributed by atoms with Gasteiger partial charge in [0.05, 0.1) is 11.4 Å². The van der Waals surface area contributed by atoms with E-state index in [1.54, 1.807) is 25.3 Å². The second-order valence-electron chi connectivity index (χ2n) is 3.39. The summed E-state index contributed by atoms with van der Waals surface area (Å²) in [4.78, 5) is 14.4. The zero-order valence-corrected chi connectivity index (χ0v) is 10.3. The fraction of sp³-hybridized carbons (Fsp3) is 0.300. The van der Waals surface area contributed by atoms with Gasteiger partial charge in [-0.15, -0.1) is 0 Å². The summed E-state index contributed by atoms with van der Waals surface area (Å²) in [5.41, 5.74) is 0.871. The smallest absolute Gasteiger partial charge is 0.404 e.